The Balaban J connectivity index is 1.87. The molecule has 1 aliphatic heterocycles. The van der Waals surface area contributed by atoms with Gasteiger partial charge in [0.15, 0.2) is 5.82 Å². The molecule has 1 aromatic carbocycles. The molecule has 3 heterocycles. The summed E-state index contributed by atoms with van der Waals surface area (Å²) in [6, 6.07) is 12.2. The van der Waals surface area contributed by atoms with E-state index in [1.807, 2.05) is 24.4 Å². The lowest BCUT2D eigenvalue weighted by Gasteiger charge is -2.32. The fourth-order valence-corrected chi connectivity index (χ4v) is 3.31. The predicted octanol–water partition coefficient (Wildman–Crippen LogP) is 3.93. The van der Waals surface area contributed by atoms with Crippen LogP contribution in [0.25, 0.3) is 22.3 Å². The van der Waals surface area contributed by atoms with Crippen molar-refractivity contribution in [3.8, 4) is 11.4 Å². The molecule has 0 amide bonds. The van der Waals surface area contributed by atoms with Crippen LogP contribution in [0.1, 0.15) is 19.8 Å². The van der Waals surface area contributed by atoms with Gasteiger partial charge in [-0.05, 0) is 43.0 Å². The minimum absolute atomic E-state index is 0.708. The zero-order valence-corrected chi connectivity index (χ0v) is 13.3. The number of pyridine rings is 1. The van der Waals surface area contributed by atoms with E-state index >= 15 is 0 Å². The average molecular weight is 304 g/mol. The maximum atomic E-state index is 4.90. The Morgan fingerprint density at radius 2 is 2.00 bits per heavy atom. The Kier molecular flexibility index (Phi) is 3.66. The van der Waals surface area contributed by atoms with Crippen molar-refractivity contribution < 1.29 is 0 Å². The van der Waals surface area contributed by atoms with Gasteiger partial charge < -0.3 is 4.90 Å². The van der Waals surface area contributed by atoms with Crippen molar-refractivity contribution in [3.63, 3.8) is 0 Å². The topological polar surface area (TPSA) is 41.9 Å². The van der Waals surface area contributed by atoms with Crippen molar-refractivity contribution in [2.24, 2.45) is 5.92 Å². The first-order valence-corrected chi connectivity index (χ1v) is 8.23. The van der Waals surface area contributed by atoms with E-state index in [9.17, 15) is 0 Å². The molecule has 1 fully saturated rings. The van der Waals surface area contributed by atoms with Gasteiger partial charge in [0.25, 0.3) is 0 Å². The van der Waals surface area contributed by atoms with Crippen molar-refractivity contribution in [1.82, 2.24) is 15.0 Å². The van der Waals surface area contributed by atoms with Gasteiger partial charge in [0, 0.05) is 36.4 Å². The first kappa shape index (κ1) is 14.1. The molecule has 0 saturated carbocycles. The molecule has 4 nitrogen and oxygen atoms in total. The predicted molar refractivity (Wildman–Crippen MR) is 93.4 cm³/mol. The number of piperidine rings is 1. The Hall–Kier alpha value is -2.49. The van der Waals surface area contributed by atoms with Gasteiger partial charge in [0.2, 0.25) is 0 Å². The molecule has 0 N–H and O–H groups in total. The molecule has 2 aromatic heterocycles. The van der Waals surface area contributed by atoms with Crippen LogP contribution in [0.15, 0.2) is 48.8 Å². The number of rotatable bonds is 2. The smallest absolute Gasteiger partial charge is 0.163 e. The Morgan fingerprint density at radius 1 is 1.09 bits per heavy atom. The van der Waals surface area contributed by atoms with Crippen molar-refractivity contribution >= 4 is 16.7 Å². The number of para-hydroxylation sites is 1. The first-order chi connectivity index (χ1) is 11.3. The summed E-state index contributed by atoms with van der Waals surface area (Å²) in [5.41, 5.74) is 1.96. The van der Waals surface area contributed by atoms with Crippen LogP contribution in [0.4, 0.5) is 5.82 Å². The van der Waals surface area contributed by atoms with Gasteiger partial charge in [-0.3, -0.25) is 4.98 Å². The highest BCUT2D eigenvalue weighted by atomic mass is 15.2. The summed E-state index contributed by atoms with van der Waals surface area (Å²) < 4.78 is 0. The van der Waals surface area contributed by atoms with Crippen molar-refractivity contribution in [3.05, 3.63) is 48.8 Å². The highest BCUT2D eigenvalue weighted by molar-refractivity contribution is 5.91. The van der Waals surface area contributed by atoms with Crippen LogP contribution in [0.2, 0.25) is 0 Å². The largest absolute Gasteiger partial charge is 0.356 e. The van der Waals surface area contributed by atoms with Gasteiger partial charge in [-0.1, -0.05) is 19.1 Å². The summed E-state index contributed by atoms with van der Waals surface area (Å²) in [5.74, 6) is 2.52. The number of hydrogen-bond acceptors (Lipinski definition) is 4. The molecule has 0 bridgehead atoms. The zero-order valence-electron chi connectivity index (χ0n) is 13.3. The van der Waals surface area contributed by atoms with Crippen LogP contribution in [-0.2, 0) is 0 Å². The summed E-state index contributed by atoms with van der Waals surface area (Å²) in [6.45, 7) is 4.45. The Bertz CT molecular complexity index is 816. The molecule has 4 rings (SSSR count). The molecular formula is C19H20N4. The standard InChI is InChI=1S/C19H20N4/c1-14-6-5-11-23(13-14)19-16-8-2-3-9-17(16)21-18(22-19)15-7-4-10-20-12-15/h2-4,7-10,12,14H,5-6,11,13H2,1H3/t14-/m1/s1. The number of hydrogen-bond donors (Lipinski definition) is 0. The second-order valence-electron chi connectivity index (χ2n) is 6.32. The van der Waals surface area contributed by atoms with E-state index in [4.69, 9.17) is 9.97 Å². The van der Waals surface area contributed by atoms with Crippen LogP contribution >= 0.6 is 0 Å². The summed E-state index contributed by atoms with van der Waals surface area (Å²) in [4.78, 5) is 16.3. The highest BCUT2D eigenvalue weighted by Gasteiger charge is 2.20. The molecule has 0 spiro atoms. The molecule has 0 unspecified atom stereocenters. The third-order valence-corrected chi connectivity index (χ3v) is 4.46. The van der Waals surface area contributed by atoms with Gasteiger partial charge >= 0.3 is 0 Å². The van der Waals surface area contributed by atoms with Crippen LogP contribution in [0.5, 0.6) is 0 Å². The summed E-state index contributed by atoms with van der Waals surface area (Å²) in [6.07, 6.45) is 6.13. The van der Waals surface area contributed by atoms with Crippen LogP contribution in [-0.4, -0.2) is 28.0 Å². The van der Waals surface area contributed by atoms with Gasteiger partial charge in [0.05, 0.1) is 5.52 Å². The van der Waals surface area contributed by atoms with Crippen molar-refractivity contribution in [2.45, 2.75) is 19.8 Å². The lowest BCUT2D eigenvalue weighted by molar-refractivity contribution is 0.445. The molecule has 3 aromatic rings. The summed E-state index contributed by atoms with van der Waals surface area (Å²) in [5, 5.41) is 1.13. The second kappa shape index (κ2) is 5.95. The Labute approximate surface area is 136 Å². The van der Waals surface area contributed by atoms with Crippen LogP contribution in [0, 0.1) is 5.92 Å². The molecular weight excluding hydrogens is 284 g/mol. The SMILES string of the molecule is C[C@@H]1CCCN(c2nc(-c3cccnc3)nc3ccccc23)C1. The quantitative estimate of drug-likeness (QED) is 0.719. The van der Waals surface area contributed by atoms with Gasteiger partial charge in [-0.15, -0.1) is 0 Å². The maximum absolute atomic E-state index is 4.90. The second-order valence-corrected chi connectivity index (χ2v) is 6.32. The van der Waals surface area contributed by atoms with E-state index in [0.717, 1.165) is 41.2 Å². The van der Waals surface area contributed by atoms with E-state index in [0.29, 0.717) is 5.92 Å². The Morgan fingerprint density at radius 3 is 2.83 bits per heavy atom. The zero-order chi connectivity index (χ0) is 15.6. The maximum Gasteiger partial charge on any atom is 0.163 e. The lowest BCUT2D eigenvalue weighted by Crippen LogP contribution is -2.35. The molecule has 1 atom stereocenters. The normalized spacial score (nSPS) is 18.3. The molecule has 0 radical (unpaired) electrons. The monoisotopic (exact) mass is 304 g/mol. The van der Waals surface area contributed by atoms with Crippen molar-refractivity contribution in [2.75, 3.05) is 18.0 Å². The first-order valence-electron chi connectivity index (χ1n) is 8.23. The van der Waals surface area contributed by atoms with Gasteiger partial charge in [-0.25, -0.2) is 9.97 Å². The minimum Gasteiger partial charge on any atom is -0.356 e. The van der Waals surface area contributed by atoms with E-state index in [1.165, 1.54) is 12.8 Å². The number of benzene rings is 1. The van der Waals surface area contributed by atoms with Crippen LogP contribution in [0.3, 0.4) is 0 Å². The minimum atomic E-state index is 0.708. The van der Waals surface area contributed by atoms with Crippen molar-refractivity contribution in [1.29, 1.82) is 0 Å². The fourth-order valence-electron chi connectivity index (χ4n) is 3.31. The lowest BCUT2D eigenvalue weighted by atomic mass is 10.00. The number of aromatic nitrogens is 3. The number of fused-ring (bicyclic) bond motifs is 1. The molecule has 4 heteroatoms. The number of anilines is 1. The van der Waals surface area contributed by atoms with E-state index in [-0.39, 0.29) is 0 Å². The molecule has 23 heavy (non-hydrogen) atoms. The molecule has 0 aliphatic carbocycles. The van der Waals surface area contributed by atoms with E-state index in [2.05, 4.69) is 35.0 Å². The summed E-state index contributed by atoms with van der Waals surface area (Å²) in [7, 11) is 0. The molecule has 116 valence electrons. The highest BCUT2D eigenvalue weighted by Crippen LogP contribution is 2.30. The van der Waals surface area contributed by atoms with E-state index in [1.54, 1.807) is 6.20 Å². The molecule has 1 aliphatic rings. The third kappa shape index (κ3) is 2.77. The summed E-state index contributed by atoms with van der Waals surface area (Å²) >= 11 is 0. The van der Waals surface area contributed by atoms with Gasteiger partial charge in [0.1, 0.15) is 5.82 Å². The van der Waals surface area contributed by atoms with Gasteiger partial charge in [-0.2, -0.15) is 0 Å². The third-order valence-electron chi connectivity index (χ3n) is 4.46. The van der Waals surface area contributed by atoms with E-state index < -0.39 is 0 Å². The fraction of sp³-hybridized carbons (Fsp3) is 0.316. The number of nitrogens with zero attached hydrogens (tertiary/aromatic N) is 4. The van der Waals surface area contributed by atoms with Crippen LogP contribution < -0.4 is 4.90 Å². The average Bonchev–Trinajstić information content (AvgIpc) is 2.61. The molecule has 1 saturated heterocycles.